The van der Waals surface area contributed by atoms with Crippen molar-refractivity contribution in [3.63, 3.8) is 0 Å². The maximum absolute atomic E-state index is 12.2. The quantitative estimate of drug-likeness (QED) is 0.800. The molecule has 0 saturated carbocycles. The molecule has 24 heavy (non-hydrogen) atoms. The second-order valence-electron chi connectivity index (χ2n) is 5.27. The minimum Gasteiger partial charge on any atom is -0.395 e. The molecule has 122 valence electrons. The van der Waals surface area contributed by atoms with Crippen LogP contribution in [-0.2, 0) is 9.59 Å². The summed E-state index contributed by atoms with van der Waals surface area (Å²) in [5, 5.41) is 11.9. The van der Waals surface area contributed by atoms with E-state index in [1.807, 2.05) is 25.1 Å². The summed E-state index contributed by atoms with van der Waals surface area (Å²) in [6, 6.07) is 9.18. The van der Waals surface area contributed by atoms with Crippen LogP contribution in [0.4, 0.5) is 5.69 Å². The van der Waals surface area contributed by atoms with Gasteiger partial charge in [0, 0.05) is 23.5 Å². The van der Waals surface area contributed by atoms with Crippen molar-refractivity contribution in [3.8, 4) is 11.3 Å². The van der Waals surface area contributed by atoms with Gasteiger partial charge in [0.15, 0.2) is 0 Å². The van der Waals surface area contributed by atoms with Crippen LogP contribution in [0.3, 0.4) is 0 Å². The lowest BCUT2D eigenvalue weighted by Gasteiger charge is -2.13. The Labute approximate surface area is 138 Å². The van der Waals surface area contributed by atoms with Crippen molar-refractivity contribution in [1.29, 1.82) is 0 Å². The average Bonchev–Trinajstić information content (AvgIpc) is 2.83. The van der Waals surface area contributed by atoms with Gasteiger partial charge in [0.05, 0.1) is 18.8 Å². The number of hydrogen-bond donors (Lipinski definition) is 2. The molecule has 0 radical (unpaired) electrons. The van der Waals surface area contributed by atoms with Gasteiger partial charge in [-0.2, -0.15) is 0 Å². The zero-order chi connectivity index (χ0) is 17.1. The molecule has 0 unspecified atom stereocenters. The topological polar surface area (TPSA) is 95.4 Å². The molecule has 1 aromatic heterocycles. The van der Waals surface area contributed by atoms with Gasteiger partial charge in [-0.3, -0.25) is 14.5 Å². The molecule has 0 fully saturated rings. The number of imide groups is 1. The number of rotatable bonds is 5. The van der Waals surface area contributed by atoms with Gasteiger partial charge in [0.2, 0.25) is 0 Å². The Morgan fingerprint density at radius 3 is 2.83 bits per heavy atom. The minimum atomic E-state index is -0.447. The van der Waals surface area contributed by atoms with Crippen LogP contribution < -0.4 is 5.32 Å². The molecular weight excluding hydrogens is 308 g/mol. The molecule has 0 atom stereocenters. The van der Waals surface area contributed by atoms with E-state index >= 15 is 0 Å². The number of benzene rings is 1. The Bertz CT molecular complexity index is 832. The maximum Gasteiger partial charge on any atom is 0.277 e. The summed E-state index contributed by atoms with van der Waals surface area (Å²) in [6.45, 7) is 1.54. The van der Waals surface area contributed by atoms with E-state index in [9.17, 15) is 9.59 Å². The van der Waals surface area contributed by atoms with E-state index in [-0.39, 0.29) is 18.8 Å². The fourth-order valence-corrected chi connectivity index (χ4v) is 2.44. The summed E-state index contributed by atoms with van der Waals surface area (Å²) in [5.74, 6) is -0.207. The maximum atomic E-state index is 12.2. The van der Waals surface area contributed by atoms with Crippen molar-refractivity contribution in [2.75, 3.05) is 18.5 Å². The van der Waals surface area contributed by atoms with Gasteiger partial charge in [-0.15, -0.1) is 0 Å². The molecule has 0 spiro atoms. The lowest BCUT2D eigenvalue weighted by atomic mass is 10.1. The Morgan fingerprint density at radius 1 is 1.25 bits per heavy atom. The van der Waals surface area contributed by atoms with Crippen LogP contribution in [0.2, 0.25) is 0 Å². The third kappa shape index (κ3) is 3.16. The number of aromatic nitrogens is 2. The van der Waals surface area contributed by atoms with Crippen molar-refractivity contribution in [2.24, 2.45) is 0 Å². The Morgan fingerprint density at radius 2 is 2.08 bits per heavy atom. The lowest BCUT2D eigenvalue weighted by molar-refractivity contribution is -0.137. The highest BCUT2D eigenvalue weighted by Crippen LogP contribution is 2.23. The van der Waals surface area contributed by atoms with E-state index in [1.54, 1.807) is 18.3 Å². The van der Waals surface area contributed by atoms with Gasteiger partial charge in [-0.25, -0.2) is 9.97 Å². The van der Waals surface area contributed by atoms with Crippen LogP contribution in [0.1, 0.15) is 5.82 Å². The van der Waals surface area contributed by atoms with Gasteiger partial charge in [0.25, 0.3) is 11.8 Å². The fourth-order valence-electron chi connectivity index (χ4n) is 2.44. The van der Waals surface area contributed by atoms with Crippen molar-refractivity contribution in [1.82, 2.24) is 14.9 Å². The van der Waals surface area contributed by atoms with Crippen LogP contribution in [0, 0.1) is 6.92 Å². The minimum absolute atomic E-state index is 0.0143. The molecule has 7 heteroatoms. The van der Waals surface area contributed by atoms with Gasteiger partial charge >= 0.3 is 0 Å². The number of nitrogens with zero attached hydrogens (tertiary/aromatic N) is 3. The number of aliphatic hydroxyl groups is 1. The molecular formula is C17H16N4O3. The highest BCUT2D eigenvalue weighted by Gasteiger charge is 2.30. The molecule has 0 bridgehead atoms. The smallest absolute Gasteiger partial charge is 0.277 e. The summed E-state index contributed by atoms with van der Waals surface area (Å²) in [4.78, 5) is 33.4. The van der Waals surface area contributed by atoms with Crippen LogP contribution in [0.5, 0.6) is 0 Å². The van der Waals surface area contributed by atoms with E-state index in [4.69, 9.17) is 5.11 Å². The summed E-state index contributed by atoms with van der Waals surface area (Å²) < 4.78 is 0. The van der Waals surface area contributed by atoms with E-state index in [1.165, 1.54) is 6.08 Å². The van der Waals surface area contributed by atoms with Crippen LogP contribution in [0.15, 0.2) is 48.3 Å². The second kappa shape index (κ2) is 6.59. The van der Waals surface area contributed by atoms with Crippen LogP contribution >= 0.6 is 0 Å². The van der Waals surface area contributed by atoms with E-state index < -0.39 is 11.8 Å². The van der Waals surface area contributed by atoms with E-state index in [0.717, 1.165) is 16.2 Å². The molecule has 2 N–H and O–H groups in total. The summed E-state index contributed by atoms with van der Waals surface area (Å²) in [6.07, 6.45) is 2.92. The van der Waals surface area contributed by atoms with Crippen molar-refractivity contribution in [2.45, 2.75) is 6.92 Å². The summed E-state index contributed by atoms with van der Waals surface area (Å²) in [7, 11) is 0. The molecule has 3 rings (SSSR count). The fraction of sp³-hybridized carbons (Fsp3) is 0.176. The highest BCUT2D eigenvalue weighted by molar-refractivity contribution is 6.17. The average molecular weight is 324 g/mol. The third-order valence-electron chi connectivity index (χ3n) is 3.55. The first-order valence-electron chi connectivity index (χ1n) is 7.44. The highest BCUT2D eigenvalue weighted by atomic mass is 16.3. The van der Waals surface area contributed by atoms with Crippen molar-refractivity contribution in [3.05, 3.63) is 54.1 Å². The molecule has 2 aromatic rings. The molecule has 7 nitrogen and oxygen atoms in total. The van der Waals surface area contributed by atoms with Gasteiger partial charge in [-0.1, -0.05) is 12.1 Å². The number of aryl methyl sites for hydroxylation is 1. The summed E-state index contributed by atoms with van der Waals surface area (Å²) in [5.41, 5.74) is 2.50. The van der Waals surface area contributed by atoms with Gasteiger partial charge < -0.3 is 10.4 Å². The predicted molar refractivity (Wildman–Crippen MR) is 87.7 cm³/mol. The molecule has 1 aromatic carbocycles. The van der Waals surface area contributed by atoms with Gasteiger partial charge in [-0.05, 0) is 25.1 Å². The molecule has 1 aliphatic rings. The number of amides is 2. The normalized spacial score (nSPS) is 14.1. The number of β-amino-alcohol motifs (C(OH)–C–C–N with tert-alkyl or cyclic N) is 1. The second-order valence-corrected chi connectivity index (χ2v) is 5.27. The first kappa shape index (κ1) is 15.8. The standard InChI is InChI=1S/C17H16N4O3/c1-11-18-6-5-14(19-11)12-3-2-4-13(9-12)20-15-10-16(23)21(7-8-22)17(15)24/h2-6,9-10,20,22H,7-8H2,1H3. The first-order valence-corrected chi connectivity index (χ1v) is 7.44. The number of anilines is 1. The molecule has 0 saturated heterocycles. The summed E-state index contributed by atoms with van der Waals surface area (Å²) >= 11 is 0. The molecule has 0 aliphatic carbocycles. The van der Waals surface area contributed by atoms with E-state index in [2.05, 4.69) is 15.3 Å². The van der Waals surface area contributed by atoms with Gasteiger partial charge in [0.1, 0.15) is 11.5 Å². The van der Waals surface area contributed by atoms with E-state index in [0.29, 0.717) is 11.5 Å². The number of carbonyl (C=O) groups excluding carboxylic acids is 2. The SMILES string of the molecule is Cc1nccc(-c2cccc(NC3=CC(=O)N(CCO)C3=O)c2)n1. The Balaban J connectivity index is 1.82. The van der Waals surface area contributed by atoms with Crippen LogP contribution in [-0.4, -0.2) is 44.9 Å². The number of hydrogen-bond acceptors (Lipinski definition) is 6. The number of carbonyl (C=O) groups is 2. The number of nitrogens with one attached hydrogen (secondary N) is 1. The zero-order valence-corrected chi connectivity index (χ0v) is 13.1. The molecule has 1 aliphatic heterocycles. The predicted octanol–water partition coefficient (Wildman–Crippen LogP) is 1.11. The van der Waals surface area contributed by atoms with Crippen molar-refractivity contribution < 1.29 is 14.7 Å². The largest absolute Gasteiger partial charge is 0.395 e. The first-order chi connectivity index (χ1) is 11.6. The zero-order valence-electron chi connectivity index (χ0n) is 13.1. The molecule has 2 amide bonds. The Hall–Kier alpha value is -3.06. The van der Waals surface area contributed by atoms with Crippen LogP contribution in [0.25, 0.3) is 11.3 Å². The molecule has 2 heterocycles. The van der Waals surface area contributed by atoms with Crippen molar-refractivity contribution >= 4 is 17.5 Å². The number of aliphatic hydroxyl groups excluding tert-OH is 1. The monoisotopic (exact) mass is 324 g/mol. The Kier molecular flexibility index (Phi) is 4.35. The lowest BCUT2D eigenvalue weighted by Crippen LogP contribution is -2.34. The third-order valence-corrected chi connectivity index (χ3v) is 3.55.